The Morgan fingerprint density at radius 2 is 1.75 bits per heavy atom. The summed E-state index contributed by atoms with van der Waals surface area (Å²) in [4.78, 5) is 23.1. The van der Waals surface area contributed by atoms with E-state index in [1.807, 2.05) is 47.0 Å². The van der Waals surface area contributed by atoms with Crippen LogP contribution in [0.4, 0.5) is 0 Å². The number of aromatic nitrogens is 3. The zero-order valence-corrected chi connectivity index (χ0v) is 20.3. The van der Waals surface area contributed by atoms with E-state index in [1.165, 1.54) is 18.0 Å². The van der Waals surface area contributed by atoms with E-state index in [-0.39, 0.29) is 11.7 Å². The third kappa shape index (κ3) is 6.49. The Hall–Kier alpha value is -4.15. The van der Waals surface area contributed by atoms with Crippen LogP contribution in [0.15, 0.2) is 89.1 Å². The van der Waals surface area contributed by atoms with E-state index in [4.69, 9.17) is 16.3 Å². The van der Waals surface area contributed by atoms with Gasteiger partial charge in [0.1, 0.15) is 12.4 Å². The van der Waals surface area contributed by atoms with Gasteiger partial charge in [-0.15, -0.1) is 10.2 Å². The normalized spacial score (nSPS) is 10.9. The van der Waals surface area contributed by atoms with Crippen LogP contribution in [0.1, 0.15) is 5.56 Å². The minimum absolute atomic E-state index is 0.0335. The monoisotopic (exact) mass is 520 g/mol. The molecule has 0 spiro atoms. The number of thioether (sulfide) groups is 1. The summed E-state index contributed by atoms with van der Waals surface area (Å²) in [6.45, 7) is -0.589. The van der Waals surface area contributed by atoms with Crippen LogP contribution in [0.2, 0.25) is 5.02 Å². The highest BCUT2D eigenvalue weighted by molar-refractivity contribution is 7.99. The van der Waals surface area contributed by atoms with Crippen molar-refractivity contribution in [1.29, 1.82) is 0 Å². The number of hydrogen-bond donors (Lipinski definition) is 1. The van der Waals surface area contributed by atoms with Crippen molar-refractivity contribution >= 4 is 41.5 Å². The number of benzene rings is 3. The number of nitrogens with zero attached hydrogens (tertiary/aromatic N) is 4. The molecule has 1 N–H and O–H groups in total. The lowest BCUT2D eigenvalue weighted by Gasteiger charge is -2.10. The summed E-state index contributed by atoms with van der Waals surface area (Å²) in [5, 5.41) is 24.4. The molecule has 0 atom stereocenters. The van der Waals surface area contributed by atoms with Crippen LogP contribution in [-0.4, -0.2) is 45.2 Å². The molecule has 0 aliphatic rings. The minimum atomic E-state index is -1.34. The number of hydrazone groups is 1. The van der Waals surface area contributed by atoms with E-state index in [0.717, 1.165) is 11.3 Å². The number of amides is 1. The molecular formula is C25H19ClN5O4S-. The smallest absolute Gasteiger partial charge is 0.250 e. The average molecular weight is 521 g/mol. The van der Waals surface area contributed by atoms with Crippen molar-refractivity contribution in [1.82, 2.24) is 20.2 Å². The summed E-state index contributed by atoms with van der Waals surface area (Å²) in [5.41, 5.74) is 4.63. The summed E-state index contributed by atoms with van der Waals surface area (Å²) < 4.78 is 7.04. The lowest BCUT2D eigenvalue weighted by molar-refractivity contribution is -0.307. The van der Waals surface area contributed by atoms with Crippen LogP contribution in [-0.2, 0) is 9.59 Å². The first kappa shape index (κ1) is 25.0. The van der Waals surface area contributed by atoms with Crippen LogP contribution >= 0.6 is 23.4 Å². The van der Waals surface area contributed by atoms with Gasteiger partial charge in [-0.1, -0.05) is 53.7 Å². The molecule has 0 radical (unpaired) electrons. The molecule has 0 aliphatic heterocycles. The average Bonchev–Trinajstić information content (AvgIpc) is 3.32. The van der Waals surface area contributed by atoms with Crippen molar-refractivity contribution in [2.45, 2.75) is 5.16 Å². The topological polar surface area (TPSA) is 122 Å². The molecular weight excluding hydrogens is 502 g/mol. The van der Waals surface area contributed by atoms with Crippen LogP contribution < -0.4 is 15.3 Å². The molecule has 3 aromatic carbocycles. The first-order valence-electron chi connectivity index (χ1n) is 10.6. The molecule has 0 aliphatic carbocycles. The molecule has 1 heterocycles. The number of carboxylic acids is 1. The van der Waals surface area contributed by atoms with E-state index in [2.05, 4.69) is 20.7 Å². The van der Waals surface area contributed by atoms with Crippen molar-refractivity contribution in [3.8, 4) is 22.8 Å². The van der Waals surface area contributed by atoms with E-state index in [0.29, 0.717) is 27.3 Å². The number of carbonyl (C=O) groups excluding carboxylic acids is 2. The molecule has 0 saturated carbocycles. The van der Waals surface area contributed by atoms with Gasteiger partial charge in [0, 0.05) is 21.8 Å². The van der Waals surface area contributed by atoms with Crippen LogP contribution in [0.3, 0.4) is 0 Å². The molecule has 0 bridgehead atoms. The van der Waals surface area contributed by atoms with Crippen molar-refractivity contribution in [3.05, 3.63) is 89.4 Å². The number of aliphatic carboxylic acids is 1. The molecule has 0 unspecified atom stereocenters. The fourth-order valence-corrected chi connectivity index (χ4v) is 4.02. The van der Waals surface area contributed by atoms with E-state index >= 15 is 0 Å². The number of halogens is 1. The van der Waals surface area contributed by atoms with Gasteiger partial charge in [-0.25, -0.2) is 5.43 Å². The second-order valence-electron chi connectivity index (χ2n) is 7.26. The molecule has 1 amide bonds. The van der Waals surface area contributed by atoms with Gasteiger partial charge in [0.05, 0.1) is 17.9 Å². The Morgan fingerprint density at radius 3 is 2.50 bits per heavy atom. The molecule has 4 rings (SSSR count). The lowest BCUT2D eigenvalue weighted by atomic mass is 10.2. The van der Waals surface area contributed by atoms with Gasteiger partial charge in [-0.05, 0) is 48.5 Å². The molecule has 9 nitrogen and oxygen atoms in total. The predicted molar refractivity (Wildman–Crippen MR) is 135 cm³/mol. The standard InChI is InChI=1S/C25H20ClN5O4S/c26-19-12-10-17(11-13-19)24-29-30-25(31(24)20-7-2-1-3-8-20)36-16-22(32)28-27-14-18-6-4-5-9-21(18)35-15-23(33)34/h1-14H,15-16H2,(H,28,32)(H,33,34)/p-1/b27-14-. The van der Waals surface area contributed by atoms with Gasteiger partial charge in [0.25, 0.3) is 5.91 Å². The van der Waals surface area contributed by atoms with Gasteiger partial charge in [0.15, 0.2) is 11.0 Å². The van der Waals surface area contributed by atoms with Gasteiger partial charge >= 0.3 is 0 Å². The zero-order chi connectivity index (χ0) is 25.3. The molecule has 36 heavy (non-hydrogen) atoms. The first-order chi connectivity index (χ1) is 17.5. The second kappa shape index (κ2) is 12.0. The Labute approximate surface area is 215 Å². The third-order valence-corrected chi connectivity index (χ3v) is 5.92. The summed E-state index contributed by atoms with van der Waals surface area (Å²) in [7, 11) is 0. The summed E-state index contributed by atoms with van der Waals surface area (Å²) in [5.74, 6) is -0.743. The maximum Gasteiger partial charge on any atom is 0.250 e. The number of para-hydroxylation sites is 2. The number of carbonyl (C=O) groups is 2. The van der Waals surface area contributed by atoms with Crippen molar-refractivity contribution in [2.24, 2.45) is 5.10 Å². The number of hydrogen-bond acceptors (Lipinski definition) is 8. The van der Waals surface area contributed by atoms with Crippen LogP contribution in [0.5, 0.6) is 5.75 Å². The number of ether oxygens (including phenoxy) is 1. The van der Waals surface area contributed by atoms with Gasteiger partial charge < -0.3 is 14.6 Å². The predicted octanol–water partition coefficient (Wildman–Crippen LogP) is 2.96. The largest absolute Gasteiger partial charge is 0.546 e. The Balaban J connectivity index is 1.45. The molecule has 11 heteroatoms. The highest BCUT2D eigenvalue weighted by atomic mass is 35.5. The Morgan fingerprint density at radius 1 is 1.03 bits per heavy atom. The molecule has 1 aromatic heterocycles. The summed E-state index contributed by atoms with van der Waals surface area (Å²) >= 11 is 7.24. The van der Waals surface area contributed by atoms with Gasteiger partial charge in [-0.3, -0.25) is 9.36 Å². The third-order valence-electron chi connectivity index (χ3n) is 4.74. The highest BCUT2D eigenvalue weighted by Crippen LogP contribution is 2.28. The Bertz CT molecular complexity index is 1380. The molecule has 182 valence electrons. The highest BCUT2D eigenvalue weighted by Gasteiger charge is 2.17. The van der Waals surface area contributed by atoms with E-state index in [9.17, 15) is 14.7 Å². The van der Waals surface area contributed by atoms with E-state index < -0.39 is 12.6 Å². The first-order valence-corrected chi connectivity index (χ1v) is 12.0. The van der Waals surface area contributed by atoms with Crippen molar-refractivity contribution in [3.63, 3.8) is 0 Å². The van der Waals surface area contributed by atoms with Crippen LogP contribution in [0.25, 0.3) is 17.1 Å². The maximum absolute atomic E-state index is 12.4. The SMILES string of the molecule is O=C([O-])COc1ccccc1/C=N\NC(=O)CSc1nnc(-c2ccc(Cl)cc2)n1-c1ccccc1. The number of nitrogens with one attached hydrogen (secondary N) is 1. The Kier molecular flexibility index (Phi) is 8.32. The fourth-order valence-electron chi connectivity index (χ4n) is 3.15. The minimum Gasteiger partial charge on any atom is -0.546 e. The summed E-state index contributed by atoms with van der Waals surface area (Å²) in [6, 6.07) is 23.6. The second-order valence-corrected chi connectivity index (χ2v) is 8.64. The number of rotatable bonds is 10. The lowest BCUT2D eigenvalue weighted by Crippen LogP contribution is -2.29. The van der Waals surface area contributed by atoms with Crippen molar-refractivity contribution in [2.75, 3.05) is 12.4 Å². The summed E-state index contributed by atoms with van der Waals surface area (Å²) in [6.07, 6.45) is 1.37. The maximum atomic E-state index is 12.4. The van der Waals surface area contributed by atoms with Crippen LogP contribution in [0, 0.1) is 0 Å². The zero-order valence-electron chi connectivity index (χ0n) is 18.7. The fraction of sp³-hybridized carbons (Fsp3) is 0.0800. The van der Waals surface area contributed by atoms with Crippen molar-refractivity contribution < 1.29 is 19.4 Å². The molecule has 0 fully saturated rings. The van der Waals surface area contributed by atoms with Gasteiger partial charge in [0.2, 0.25) is 0 Å². The number of carboxylic acid groups (broad SMARTS) is 1. The van der Waals surface area contributed by atoms with E-state index in [1.54, 1.807) is 36.4 Å². The quantitative estimate of drug-likeness (QED) is 0.194. The van der Waals surface area contributed by atoms with Gasteiger partial charge in [-0.2, -0.15) is 5.10 Å². The molecule has 0 saturated heterocycles. The molecule has 4 aromatic rings.